The van der Waals surface area contributed by atoms with Crippen LogP contribution in [0.1, 0.15) is 46.6 Å². The number of carbonyl (C=O) groups excluding carboxylic acids is 2. The number of nitrogens with zero attached hydrogens (tertiary/aromatic N) is 2. The zero-order chi connectivity index (χ0) is 21.7. The van der Waals surface area contributed by atoms with E-state index in [9.17, 15) is 19.7 Å². The second-order valence-corrected chi connectivity index (χ2v) is 8.06. The van der Waals surface area contributed by atoms with Gasteiger partial charge in [0, 0.05) is 22.6 Å². The molecule has 1 heterocycles. The molecule has 1 aliphatic carbocycles. The van der Waals surface area contributed by atoms with Crippen molar-refractivity contribution in [3.8, 4) is 0 Å². The number of hydrogen-bond acceptors (Lipinski definition) is 7. The fourth-order valence-corrected chi connectivity index (χ4v) is 4.67. The van der Waals surface area contributed by atoms with Crippen LogP contribution in [0.4, 0.5) is 15.5 Å². The highest BCUT2D eigenvalue weighted by atomic mass is 32.1. The van der Waals surface area contributed by atoms with Gasteiger partial charge in [-0.1, -0.05) is 19.1 Å². The molecule has 2 N–H and O–H groups in total. The van der Waals surface area contributed by atoms with Gasteiger partial charge in [-0.3, -0.25) is 15.4 Å². The van der Waals surface area contributed by atoms with Gasteiger partial charge in [-0.2, -0.15) is 5.10 Å². The van der Waals surface area contributed by atoms with Gasteiger partial charge in [-0.05, 0) is 37.7 Å². The zero-order valence-corrected chi connectivity index (χ0v) is 17.5. The second-order valence-electron chi connectivity index (χ2n) is 6.95. The number of nitrogens with one attached hydrogen (secondary N) is 2. The Labute approximate surface area is 177 Å². The number of thiophene rings is 1. The minimum Gasteiger partial charge on any atom is -0.462 e. The van der Waals surface area contributed by atoms with E-state index in [0.29, 0.717) is 22.0 Å². The van der Waals surface area contributed by atoms with E-state index in [1.807, 2.05) is 0 Å². The number of fused-ring (bicyclic) bond motifs is 1. The van der Waals surface area contributed by atoms with E-state index in [0.717, 1.165) is 29.7 Å². The first-order valence-corrected chi connectivity index (χ1v) is 10.4. The Kier molecular flexibility index (Phi) is 6.78. The van der Waals surface area contributed by atoms with E-state index < -0.39 is 16.9 Å². The molecule has 2 amide bonds. The topological polar surface area (TPSA) is 123 Å². The number of hydrogen-bond donors (Lipinski definition) is 2. The number of urea groups is 1. The van der Waals surface area contributed by atoms with E-state index in [1.54, 1.807) is 13.0 Å². The average molecular weight is 430 g/mol. The SMILES string of the molecule is CCOC(=O)c1c(NC(=O)N/N=C/c2cccc([N+](=O)[O-])c2)sc2c1CCC(C)C2. The summed E-state index contributed by atoms with van der Waals surface area (Å²) in [6.45, 7) is 4.15. The largest absolute Gasteiger partial charge is 0.462 e. The van der Waals surface area contributed by atoms with Crippen molar-refractivity contribution in [2.24, 2.45) is 11.0 Å². The maximum absolute atomic E-state index is 12.5. The molecule has 0 radical (unpaired) electrons. The minimum absolute atomic E-state index is 0.0686. The van der Waals surface area contributed by atoms with Gasteiger partial charge in [0.25, 0.3) is 5.69 Å². The van der Waals surface area contributed by atoms with Gasteiger partial charge < -0.3 is 4.74 Å². The van der Waals surface area contributed by atoms with Crippen molar-refractivity contribution < 1.29 is 19.2 Å². The van der Waals surface area contributed by atoms with Crippen molar-refractivity contribution in [1.82, 2.24) is 5.43 Å². The van der Waals surface area contributed by atoms with Gasteiger partial charge >= 0.3 is 12.0 Å². The Balaban J connectivity index is 1.72. The Bertz CT molecular complexity index is 1000. The third kappa shape index (κ3) is 5.01. The first-order valence-electron chi connectivity index (χ1n) is 9.55. The van der Waals surface area contributed by atoms with Crippen LogP contribution in [0.5, 0.6) is 0 Å². The Hall–Kier alpha value is -3.27. The molecule has 1 aliphatic rings. The summed E-state index contributed by atoms with van der Waals surface area (Å²) in [5.41, 5.74) is 4.09. The minimum atomic E-state index is -0.617. The number of nitro groups is 1. The Morgan fingerprint density at radius 1 is 1.43 bits per heavy atom. The van der Waals surface area contributed by atoms with Gasteiger partial charge in [0.15, 0.2) is 0 Å². The molecule has 2 aromatic rings. The van der Waals surface area contributed by atoms with Crippen LogP contribution in [-0.4, -0.2) is 29.7 Å². The van der Waals surface area contributed by atoms with Crippen LogP contribution in [0.15, 0.2) is 29.4 Å². The molecule has 0 bridgehead atoms. The molecule has 0 spiro atoms. The highest BCUT2D eigenvalue weighted by Crippen LogP contribution is 2.40. The van der Waals surface area contributed by atoms with Crippen LogP contribution in [0.25, 0.3) is 0 Å². The number of amides is 2. The smallest absolute Gasteiger partial charge is 0.341 e. The molecular formula is C20H22N4O5S. The summed E-state index contributed by atoms with van der Waals surface area (Å²) in [6.07, 6.45) is 3.92. The van der Waals surface area contributed by atoms with E-state index in [2.05, 4.69) is 22.8 Å². The average Bonchev–Trinajstić information content (AvgIpc) is 3.05. The van der Waals surface area contributed by atoms with Gasteiger partial charge in [0.2, 0.25) is 0 Å². The molecule has 0 fully saturated rings. The molecule has 0 saturated carbocycles. The molecule has 1 aromatic heterocycles. The molecule has 10 heteroatoms. The number of esters is 1. The summed E-state index contributed by atoms with van der Waals surface area (Å²) in [6, 6.07) is 5.25. The summed E-state index contributed by atoms with van der Waals surface area (Å²) < 4.78 is 5.18. The van der Waals surface area contributed by atoms with Crippen molar-refractivity contribution in [2.45, 2.75) is 33.1 Å². The van der Waals surface area contributed by atoms with Crippen LogP contribution in [0, 0.1) is 16.0 Å². The molecule has 158 valence electrons. The summed E-state index contributed by atoms with van der Waals surface area (Å²) in [5, 5.41) is 17.8. The molecule has 9 nitrogen and oxygen atoms in total. The lowest BCUT2D eigenvalue weighted by molar-refractivity contribution is -0.384. The van der Waals surface area contributed by atoms with Crippen molar-refractivity contribution in [3.05, 3.63) is 55.9 Å². The van der Waals surface area contributed by atoms with Crippen molar-refractivity contribution in [1.29, 1.82) is 0 Å². The van der Waals surface area contributed by atoms with Crippen molar-refractivity contribution in [2.75, 3.05) is 11.9 Å². The van der Waals surface area contributed by atoms with Crippen molar-refractivity contribution >= 4 is 40.2 Å². The molecular weight excluding hydrogens is 408 g/mol. The molecule has 1 aromatic carbocycles. The van der Waals surface area contributed by atoms with Crippen LogP contribution in [-0.2, 0) is 17.6 Å². The highest BCUT2D eigenvalue weighted by Gasteiger charge is 2.29. The number of benzene rings is 1. The molecule has 0 saturated heterocycles. The standard InChI is InChI=1S/C20H22N4O5S/c1-3-29-19(25)17-15-8-7-12(2)9-16(15)30-18(17)22-20(26)23-21-11-13-5-4-6-14(10-13)24(27)28/h4-6,10-12H,3,7-9H2,1-2H3,(H2,22,23,26)/b21-11+. The normalized spacial score (nSPS) is 15.5. The van der Waals surface area contributed by atoms with Crippen molar-refractivity contribution in [3.63, 3.8) is 0 Å². The lowest BCUT2D eigenvalue weighted by atomic mass is 9.88. The first kappa shape index (κ1) is 21.4. The van der Waals surface area contributed by atoms with Crippen LogP contribution < -0.4 is 10.7 Å². The van der Waals surface area contributed by atoms with E-state index in [-0.39, 0.29) is 12.3 Å². The fourth-order valence-electron chi connectivity index (χ4n) is 3.27. The lowest BCUT2D eigenvalue weighted by Crippen LogP contribution is -2.25. The molecule has 3 rings (SSSR count). The maximum atomic E-state index is 12.5. The van der Waals surface area contributed by atoms with Crippen LogP contribution in [0.3, 0.4) is 0 Å². The predicted octanol–water partition coefficient (Wildman–Crippen LogP) is 4.11. The number of ether oxygens (including phenoxy) is 1. The van der Waals surface area contributed by atoms with E-state index >= 15 is 0 Å². The number of rotatable bonds is 6. The Morgan fingerprint density at radius 3 is 2.97 bits per heavy atom. The molecule has 1 unspecified atom stereocenters. The fraction of sp³-hybridized carbons (Fsp3) is 0.350. The van der Waals surface area contributed by atoms with Gasteiger partial charge in [-0.15, -0.1) is 11.3 Å². The van der Waals surface area contributed by atoms with Gasteiger partial charge in [-0.25, -0.2) is 15.0 Å². The molecule has 0 aliphatic heterocycles. The van der Waals surface area contributed by atoms with Gasteiger partial charge in [0.1, 0.15) is 5.00 Å². The van der Waals surface area contributed by atoms with Crippen LogP contribution in [0.2, 0.25) is 0 Å². The van der Waals surface area contributed by atoms with Crippen LogP contribution >= 0.6 is 11.3 Å². The summed E-state index contributed by atoms with van der Waals surface area (Å²) in [7, 11) is 0. The number of hydrazone groups is 1. The predicted molar refractivity (Wildman–Crippen MR) is 114 cm³/mol. The monoisotopic (exact) mass is 430 g/mol. The lowest BCUT2D eigenvalue weighted by Gasteiger charge is -2.18. The van der Waals surface area contributed by atoms with E-state index in [1.165, 1.54) is 35.8 Å². The van der Waals surface area contributed by atoms with Gasteiger partial charge in [0.05, 0.1) is 23.3 Å². The third-order valence-corrected chi connectivity index (χ3v) is 5.85. The maximum Gasteiger partial charge on any atom is 0.341 e. The second kappa shape index (κ2) is 9.49. The number of anilines is 1. The first-order chi connectivity index (χ1) is 14.4. The zero-order valence-electron chi connectivity index (χ0n) is 16.6. The van der Waals surface area contributed by atoms with E-state index in [4.69, 9.17) is 4.74 Å². The Morgan fingerprint density at radius 2 is 2.23 bits per heavy atom. The third-order valence-electron chi connectivity index (χ3n) is 4.68. The molecule has 1 atom stereocenters. The highest BCUT2D eigenvalue weighted by molar-refractivity contribution is 7.17. The summed E-state index contributed by atoms with van der Waals surface area (Å²) >= 11 is 1.38. The number of non-ortho nitro benzene ring substituents is 1. The quantitative estimate of drug-likeness (QED) is 0.309. The molecule has 30 heavy (non-hydrogen) atoms. The number of carbonyl (C=O) groups is 2. The summed E-state index contributed by atoms with van der Waals surface area (Å²) in [5.74, 6) is 0.0763. The summed E-state index contributed by atoms with van der Waals surface area (Å²) in [4.78, 5) is 36.2. The number of nitro benzene ring substituents is 1.